The van der Waals surface area contributed by atoms with E-state index < -0.39 is 11.8 Å². The first kappa shape index (κ1) is 17.2. The number of carbonyl (C=O) groups excluding carboxylic acids is 2. The Kier molecular flexibility index (Phi) is 4.98. The van der Waals surface area contributed by atoms with Crippen LogP contribution in [-0.4, -0.2) is 18.9 Å². The number of hydrogen-bond donors (Lipinski definition) is 2. The van der Waals surface area contributed by atoms with Gasteiger partial charge in [-0.1, -0.05) is 24.3 Å². The van der Waals surface area contributed by atoms with Gasteiger partial charge in [-0.2, -0.15) is 0 Å². The molecule has 7 nitrogen and oxygen atoms in total. The van der Waals surface area contributed by atoms with Crippen LogP contribution in [-0.2, 0) is 11.2 Å². The molecule has 26 heavy (non-hydrogen) atoms. The zero-order chi connectivity index (χ0) is 18.5. The molecule has 3 rings (SSSR count). The minimum atomic E-state index is -0.712. The molecule has 0 bridgehead atoms. The van der Waals surface area contributed by atoms with Gasteiger partial charge in [-0.3, -0.25) is 25.2 Å². The smallest absolute Gasteiger partial charge is 0.305 e. The third kappa shape index (κ3) is 3.89. The Morgan fingerprint density at radius 1 is 1.04 bits per heavy atom. The zero-order valence-electron chi connectivity index (χ0n) is 13.9. The van der Waals surface area contributed by atoms with Gasteiger partial charge in [0.25, 0.3) is 0 Å². The van der Waals surface area contributed by atoms with Crippen molar-refractivity contribution >= 4 is 22.8 Å². The summed E-state index contributed by atoms with van der Waals surface area (Å²) in [6.07, 6.45) is 0.0753. The van der Waals surface area contributed by atoms with E-state index in [1.54, 1.807) is 55.6 Å². The monoisotopic (exact) mass is 352 g/mol. The topological polar surface area (TPSA) is 97.6 Å². The van der Waals surface area contributed by atoms with Gasteiger partial charge in [0.1, 0.15) is 11.3 Å². The Hall–Kier alpha value is -3.61. The maximum Gasteiger partial charge on any atom is 0.305 e. The first-order chi connectivity index (χ1) is 12.6. The average molecular weight is 352 g/mol. The largest absolute Gasteiger partial charge is 0.497 e. The molecule has 132 valence electrons. The van der Waals surface area contributed by atoms with Crippen LogP contribution in [0.3, 0.4) is 0 Å². The van der Waals surface area contributed by atoms with Gasteiger partial charge in [-0.25, -0.2) is 0 Å². The van der Waals surface area contributed by atoms with E-state index in [-0.39, 0.29) is 17.6 Å². The van der Waals surface area contributed by atoms with E-state index >= 15 is 0 Å². The van der Waals surface area contributed by atoms with E-state index in [0.717, 1.165) is 11.6 Å². The van der Waals surface area contributed by atoms with Crippen LogP contribution in [0, 0.1) is 0 Å². The Balaban J connectivity index is 1.63. The number of para-hydroxylation sites is 1. The summed E-state index contributed by atoms with van der Waals surface area (Å²) in [6, 6.07) is 14.7. The molecule has 0 aliphatic rings. The summed E-state index contributed by atoms with van der Waals surface area (Å²) in [7, 11) is 1.56. The summed E-state index contributed by atoms with van der Waals surface area (Å²) in [5.74, 6) is -0.616. The van der Waals surface area contributed by atoms with Crippen molar-refractivity contribution in [2.24, 2.45) is 0 Å². The van der Waals surface area contributed by atoms with Crippen molar-refractivity contribution in [3.8, 4) is 5.75 Å². The minimum absolute atomic E-state index is 0.0753. The highest BCUT2D eigenvalue weighted by atomic mass is 16.5. The molecule has 0 saturated carbocycles. The summed E-state index contributed by atoms with van der Waals surface area (Å²) in [5.41, 5.74) is 5.26. The van der Waals surface area contributed by atoms with Crippen LogP contribution < -0.4 is 21.0 Å². The predicted molar refractivity (Wildman–Crippen MR) is 94.8 cm³/mol. The second-order valence-electron chi connectivity index (χ2n) is 5.50. The number of ether oxygens (including phenoxy) is 1. The van der Waals surface area contributed by atoms with Crippen LogP contribution in [0.15, 0.2) is 63.8 Å². The second-order valence-corrected chi connectivity index (χ2v) is 5.50. The number of hydrogen-bond acceptors (Lipinski definition) is 5. The third-order valence-corrected chi connectivity index (χ3v) is 3.70. The lowest BCUT2D eigenvalue weighted by molar-refractivity contribution is -0.121. The number of methoxy groups -OCH3 is 1. The molecule has 0 saturated heterocycles. The molecule has 7 heteroatoms. The van der Waals surface area contributed by atoms with Crippen molar-refractivity contribution in [1.82, 2.24) is 10.9 Å². The molecule has 2 aromatic carbocycles. The fraction of sp³-hybridized carbons (Fsp3) is 0.105. The lowest BCUT2D eigenvalue weighted by atomic mass is 10.1. The molecular weight excluding hydrogens is 336 g/mol. The van der Waals surface area contributed by atoms with E-state index in [2.05, 4.69) is 10.9 Å². The van der Waals surface area contributed by atoms with Gasteiger partial charge in [0.15, 0.2) is 11.2 Å². The molecule has 0 radical (unpaired) electrons. The van der Waals surface area contributed by atoms with E-state index in [1.165, 1.54) is 0 Å². The van der Waals surface area contributed by atoms with Gasteiger partial charge < -0.3 is 9.15 Å². The van der Waals surface area contributed by atoms with E-state index in [4.69, 9.17) is 9.15 Å². The Morgan fingerprint density at radius 2 is 1.77 bits per heavy atom. The lowest BCUT2D eigenvalue weighted by Crippen LogP contribution is -2.42. The van der Waals surface area contributed by atoms with Crippen LogP contribution in [0.4, 0.5) is 0 Å². The van der Waals surface area contributed by atoms with Crippen molar-refractivity contribution in [2.75, 3.05) is 7.11 Å². The molecule has 0 fully saturated rings. The number of rotatable bonds is 4. The maximum absolute atomic E-state index is 12.1. The normalized spacial score (nSPS) is 10.3. The number of fused-ring (bicyclic) bond motifs is 1. The minimum Gasteiger partial charge on any atom is -0.497 e. The maximum atomic E-state index is 12.1. The summed E-state index contributed by atoms with van der Waals surface area (Å²) in [6.45, 7) is 0. The Labute approximate surface area is 148 Å². The van der Waals surface area contributed by atoms with Crippen LogP contribution >= 0.6 is 0 Å². The van der Waals surface area contributed by atoms with Crippen molar-refractivity contribution in [1.29, 1.82) is 0 Å². The van der Waals surface area contributed by atoms with Crippen molar-refractivity contribution in [3.05, 3.63) is 76.1 Å². The molecule has 0 unspecified atom stereocenters. The molecule has 1 aromatic heterocycles. The SMILES string of the molecule is COc1ccc(CC(=O)NNC(=O)c2cc(=O)c3ccccc3o2)cc1. The molecule has 2 amide bonds. The number of carbonyl (C=O) groups is 2. The number of benzene rings is 2. The molecule has 0 atom stereocenters. The average Bonchev–Trinajstić information content (AvgIpc) is 2.66. The molecule has 1 heterocycles. The number of nitrogens with one attached hydrogen (secondary N) is 2. The molecule has 3 aromatic rings. The Bertz CT molecular complexity index is 1010. The first-order valence-corrected chi connectivity index (χ1v) is 7.82. The molecule has 0 aliphatic heterocycles. The summed E-state index contributed by atoms with van der Waals surface area (Å²) < 4.78 is 10.5. The van der Waals surface area contributed by atoms with Crippen molar-refractivity contribution in [2.45, 2.75) is 6.42 Å². The van der Waals surface area contributed by atoms with Gasteiger partial charge >= 0.3 is 5.91 Å². The van der Waals surface area contributed by atoms with Gasteiger partial charge in [-0.05, 0) is 29.8 Å². The molecule has 2 N–H and O–H groups in total. The Morgan fingerprint density at radius 3 is 2.50 bits per heavy atom. The van der Waals surface area contributed by atoms with Crippen LogP contribution in [0.2, 0.25) is 0 Å². The third-order valence-electron chi connectivity index (χ3n) is 3.70. The highest BCUT2D eigenvalue weighted by Gasteiger charge is 2.13. The summed E-state index contributed by atoms with van der Waals surface area (Å²) in [4.78, 5) is 36.0. The quantitative estimate of drug-likeness (QED) is 0.698. The first-order valence-electron chi connectivity index (χ1n) is 7.82. The molecule has 0 spiro atoms. The van der Waals surface area contributed by atoms with Gasteiger partial charge in [0.2, 0.25) is 5.91 Å². The number of hydrazine groups is 1. The van der Waals surface area contributed by atoms with Crippen molar-refractivity contribution in [3.63, 3.8) is 0 Å². The standard InChI is InChI=1S/C19H16N2O5/c1-25-13-8-6-12(7-9-13)10-18(23)20-21-19(24)17-11-15(22)14-4-2-3-5-16(14)26-17/h2-9,11H,10H2,1H3,(H,20,23)(H,21,24). The van der Waals surface area contributed by atoms with E-state index in [0.29, 0.717) is 16.7 Å². The van der Waals surface area contributed by atoms with Crippen molar-refractivity contribution < 1.29 is 18.7 Å². The summed E-state index contributed by atoms with van der Waals surface area (Å²) >= 11 is 0. The number of amides is 2. The van der Waals surface area contributed by atoms with Gasteiger partial charge in [-0.15, -0.1) is 0 Å². The van der Waals surface area contributed by atoms with Crippen LogP contribution in [0.1, 0.15) is 16.1 Å². The van der Waals surface area contributed by atoms with E-state index in [9.17, 15) is 14.4 Å². The fourth-order valence-electron chi connectivity index (χ4n) is 2.38. The highest BCUT2D eigenvalue weighted by Crippen LogP contribution is 2.12. The van der Waals surface area contributed by atoms with Crippen LogP contribution in [0.5, 0.6) is 5.75 Å². The lowest BCUT2D eigenvalue weighted by Gasteiger charge is -2.08. The van der Waals surface area contributed by atoms with Gasteiger partial charge in [0.05, 0.1) is 18.9 Å². The highest BCUT2D eigenvalue weighted by molar-refractivity contribution is 5.94. The van der Waals surface area contributed by atoms with Crippen LogP contribution in [0.25, 0.3) is 11.0 Å². The predicted octanol–water partition coefficient (Wildman–Crippen LogP) is 1.81. The molecule has 0 aliphatic carbocycles. The van der Waals surface area contributed by atoms with E-state index in [1.807, 2.05) is 0 Å². The van der Waals surface area contributed by atoms with Gasteiger partial charge in [0, 0.05) is 6.07 Å². The zero-order valence-corrected chi connectivity index (χ0v) is 13.9. The summed E-state index contributed by atoms with van der Waals surface area (Å²) in [5, 5.41) is 0.382. The second kappa shape index (κ2) is 7.52. The molecular formula is C19H16N2O5. The fourth-order valence-corrected chi connectivity index (χ4v) is 2.38.